The fourth-order valence-electron chi connectivity index (χ4n) is 3.05. The molecule has 6 heteroatoms. The van der Waals surface area contributed by atoms with Gasteiger partial charge in [0.25, 0.3) is 6.43 Å². The number of carbonyl (C=O) groups excluding carboxylic acids is 1. The third kappa shape index (κ3) is 3.86. The Morgan fingerprint density at radius 2 is 2.26 bits per heavy atom. The molecule has 0 heterocycles. The standard InChI is InChI=1S/C13H24F2N2O2/c1-16-13(12(18)19-3)7-4-5-10(13)6-8-17(2)9-11(14)15/h10-11,16H,4-9H2,1-3H3. The quantitative estimate of drug-likeness (QED) is 0.717. The SMILES string of the molecule is CNC1(C(=O)OC)CCCC1CCN(C)CC(F)F. The van der Waals surface area contributed by atoms with Gasteiger partial charge in [-0.25, -0.2) is 8.78 Å². The molecule has 0 aromatic heterocycles. The predicted molar refractivity (Wildman–Crippen MR) is 69.3 cm³/mol. The number of hydrogen-bond acceptors (Lipinski definition) is 4. The van der Waals surface area contributed by atoms with Crippen LogP contribution in [0.4, 0.5) is 8.78 Å². The third-order valence-corrected chi connectivity index (χ3v) is 4.13. The summed E-state index contributed by atoms with van der Waals surface area (Å²) in [6.07, 6.45) is 1.04. The Hall–Kier alpha value is -0.750. The zero-order valence-electron chi connectivity index (χ0n) is 11.9. The van der Waals surface area contributed by atoms with E-state index in [1.807, 2.05) is 0 Å². The molecule has 0 radical (unpaired) electrons. The molecule has 0 aliphatic heterocycles. The Morgan fingerprint density at radius 1 is 1.58 bits per heavy atom. The van der Waals surface area contributed by atoms with E-state index in [2.05, 4.69) is 5.32 Å². The molecular weight excluding hydrogens is 254 g/mol. The van der Waals surface area contributed by atoms with Crippen LogP contribution in [0, 0.1) is 5.92 Å². The number of likely N-dealkylation sites (N-methyl/N-ethyl adjacent to an activating group) is 1. The van der Waals surface area contributed by atoms with Crippen LogP contribution in [-0.2, 0) is 9.53 Å². The van der Waals surface area contributed by atoms with Crippen LogP contribution in [0.1, 0.15) is 25.7 Å². The lowest BCUT2D eigenvalue weighted by Crippen LogP contribution is -2.54. The molecule has 2 atom stereocenters. The van der Waals surface area contributed by atoms with E-state index in [1.165, 1.54) is 7.11 Å². The van der Waals surface area contributed by atoms with Gasteiger partial charge in [-0.2, -0.15) is 0 Å². The number of carbonyl (C=O) groups is 1. The van der Waals surface area contributed by atoms with Crippen molar-refractivity contribution in [3.63, 3.8) is 0 Å². The highest BCUT2D eigenvalue weighted by molar-refractivity contribution is 5.81. The lowest BCUT2D eigenvalue weighted by atomic mass is 9.84. The van der Waals surface area contributed by atoms with Crippen LogP contribution in [0.15, 0.2) is 0 Å². The molecule has 0 aromatic rings. The smallest absolute Gasteiger partial charge is 0.326 e. The van der Waals surface area contributed by atoms with Gasteiger partial charge in [0.1, 0.15) is 5.54 Å². The number of halogens is 2. The zero-order chi connectivity index (χ0) is 14.5. The van der Waals surface area contributed by atoms with Gasteiger partial charge in [-0.15, -0.1) is 0 Å². The second-order valence-corrected chi connectivity index (χ2v) is 5.24. The number of rotatable bonds is 7. The van der Waals surface area contributed by atoms with E-state index in [1.54, 1.807) is 19.0 Å². The molecule has 1 N–H and O–H groups in total. The first-order valence-corrected chi connectivity index (χ1v) is 6.70. The van der Waals surface area contributed by atoms with Crippen molar-refractivity contribution in [2.45, 2.75) is 37.6 Å². The maximum absolute atomic E-state index is 12.3. The van der Waals surface area contributed by atoms with Gasteiger partial charge in [-0.3, -0.25) is 4.79 Å². The molecule has 1 fully saturated rings. The molecule has 1 aliphatic carbocycles. The number of methoxy groups -OCH3 is 1. The highest BCUT2D eigenvalue weighted by atomic mass is 19.3. The Labute approximate surface area is 113 Å². The molecule has 2 unspecified atom stereocenters. The summed E-state index contributed by atoms with van der Waals surface area (Å²) in [6.45, 7) is 0.340. The van der Waals surface area contributed by atoms with Crippen LogP contribution in [0.5, 0.6) is 0 Å². The first-order chi connectivity index (χ1) is 8.96. The van der Waals surface area contributed by atoms with Gasteiger partial charge in [0.15, 0.2) is 0 Å². The molecule has 1 rings (SSSR count). The number of ether oxygens (including phenoxy) is 1. The molecule has 112 valence electrons. The van der Waals surface area contributed by atoms with Gasteiger partial charge in [0.2, 0.25) is 0 Å². The van der Waals surface area contributed by atoms with Gasteiger partial charge in [0.05, 0.1) is 13.7 Å². The lowest BCUT2D eigenvalue weighted by molar-refractivity contribution is -0.150. The van der Waals surface area contributed by atoms with Crippen LogP contribution < -0.4 is 5.32 Å². The largest absolute Gasteiger partial charge is 0.468 e. The first kappa shape index (κ1) is 16.3. The molecule has 19 heavy (non-hydrogen) atoms. The van der Waals surface area contributed by atoms with Crippen LogP contribution in [0.25, 0.3) is 0 Å². The van der Waals surface area contributed by atoms with Crippen LogP contribution >= 0.6 is 0 Å². The maximum Gasteiger partial charge on any atom is 0.326 e. The number of nitrogens with zero attached hydrogens (tertiary/aromatic N) is 1. The fourth-order valence-corrected chi connectivity index (χ4v) is 3.05. The highest BCUT2D eigenvalue weighted by Gasteiger charge is 2.48. The molecule has 0 saturated heterocycles. The minimum Gasteiger partial charge on any atom is -0.468 e. The lowest BCUT2D eigenvalue weighted by Gasteiger charge is -2.33. The van der Waals surface area contributed by atoms with Gasteiger partial charge in [0, 0.05) is 0 Å². The Balaban J connectivity index is 2.58. The maximum atomic E-state index is 12.3. The average Bonchev–Trinajstić information content (AvgIpc) is 2.78. The van der Waals surface area contributed by atoms with Crippen molar-refractivity contribution in [3.05, 3.63) is 0 Å². The highest BCUT2D eigenvalue weighted by Crippen LogP contribution is 2.38. The third-order valence-electron chi connectivity index (χ3n) is 4.13. The van der Waals surface area contributed by atoms with Gasteiger partial charge >= 0.3 is 5.97 Å². The number of esters is 1. The average molecular weight is 278 g/mol. The molecule has 0 amide bonds. The second kappa shape index (κ2) is 7.14. The molecule has 0 spiro atoms. The zero-order valence-corrected chi connectivity index (χ0v) is 11.9. The van der Waals surface area contributed by atoms with Crippen molar-refractivity contribution < 1.29 is 18.3 Å². The van der Waals surface area contributed by atoms with Crippen molar-refractivity contribution in [2.24, 2.45) is 5.92 Å². The van der Waals surface area contributed by atoms with Crippen molar-refractivity contribution in [1.82, 2.24) is 10.2 Å². The van der Waals surface area contributed by atoms with Crippen molar-refractivity contribution in [2.75, 3.05) is 34.3 Å². The summed E-state index contributed by atoms with van der Waals surface area (Å²) in [5.41, 5.74) is -0.638. The summed E-state index contributed by atoms with van der Waals surface area (Å²) >= 11 is 0. The monoisotopic (exact) mass is 278 g/mol. The normalized spacial score (nSPS) is 27.2. The molecule has 0 bridgehead atoms. The summed E-state index contributed by atoms with van der Waals surface area (Å²) in [4.78, 5) is 13.6. The summed E-state index contributed by atoms with van der Waals surface area (Å²) in [7, 11) is 4.83. The second-order valence-electron chi connectivity index (χ2n) is 5.24. The van der Waals surface area contributed by atoms with E-state index in [-0.39, 0.29) is 18.4 Å². The molecule has 4 nitrogen and oxygen atoms in total. The minimum absolute atomic E-state index is 0.144. The van der Waals surface area contributed by atoms with E-state index in [0.717, 1.165) is 25.7 Å². The molecule has 1 aliphatic rings. The van der Waals surface area contributed by atoms with E-state index in [4.69, 9.17) is 4.74 Å². The predicted octanol–water partition coefficient (Wildman–Crippen LogP) is 1.50. The van der Waals surface area contributed by atoms with Crippen molar-refractivity contribution in [3.8, 4) is 0 Å². The Kier molecular flexibility index (Phi) is 6.13. The van der Waals surface area contributed by atoms with E-state index in [0.29, 0.717) is 6.54 Å². The number of alkyl halides is 2. The minimum atomic E-state index is -2.32. The number of hydrogen-bond donors (Lipinski definition) is 1. The summed E-state index contributed by atoms with van der Waals surface area (Å²) in [5.74, 6) is -0.0981. The molecule has 0 aromatic carbocycles. The van der Waals surface area contributed by atoms with E-state index >= 15 is 0 Å². The summed E-state index contributed by atoms with van der Waals surface area (Å²) in [5, 5.41) is 3.10. The topological polar surface area (TPSA) is 41.6 Å². The van der Waals surface area contributed by atoms with Crippen molar-refractivity contribution in [1.29, 1.82) is 0 Å². The van der Waals surface area contributed by atoms with E-state index < -0.39 is 12.0 Å². The van der Waals surface area contributed by atoms with Crippen LogP contribution in [0.3, 0.4) is 0 Å². The van der Waals surface area contributed by atoms with Crippen LogP contribution in [0.2, 0.25) is 0 Å². The molecule has 1 saturated carbocycles. The summed E-state index contributed by atoms with van der Waals surface area (Å²) < 4.78 is 29.4. The van der Waals surface area contributed by atoms with Crippen LogP contribution in [-0.4, -0.2) is 57.1 Å². The first-order valence-electron chi connectivity index (χ1n) is 6.70. The Morgan fingerprint density at radius 3 is 2.79 bits per heavy atom. The van der Waals surface area contributed by atoms with Gasteiger partial charge < -0.3 is 15.0 Å². The summed E-state index contributed by atoms with van der Waals surface area (Å²) in [6, 6.07) is 0. The van der Waals surface area contributed by atoms with Gasteiger partial charge in [-0.05, 0) is 45.8 Å². The number of nitrogens with one attached hydrogen (secondary N) is 1. The fraction of sp³-hybridized carbons (Fsp3) is 0.923. The van der Waals surface area contributed by atoms with Crippen molar-refractivity contribution >= 4 is 5.97 Å². The Bertz CT molecular complexity index is 302. The van der Waals surface area contributed by atoms with E-state index in [9.17, 15) is 13.6 Å². The molecular formula is C13H24F2N2O2. The van der Waals surface area contributed by atoms with Gasteiger partial charge in [-0.1, -0.05) is 6.42 Å².